The number of hydrogen-bond acceptors (Lipinski definition) is 3. The van der Waals surface area contributed by atoms with Gasteiger partial charge in [0.1, 0.15) is 6.29 Å². The molecule has 1 rings (SSSR count). The molecule has 3 heteroatoms. The Morgan fingerprint density at radius 1 is 1.50 bits per heavy atom. The fraction of sp³-hybridized carbons (Fsp3) is 0.455. The first kappa shape index (κ1) is 10.7. The van der Waals surface area contributed by atoms with Crippen LogP contribution in [0.15, 0.2) is 18.2 Å². The number of nitrogens with zero attached hydrogens (tertiary/aromatic N) is 1. The molecule has 0 N–H and O–H groups in total. The number of carbonyl (C=O) groups is 1. The molecule has 0 saturated carbocycles. The van der Waals surface area contributed by atoms with Crippen molar-refractivity contribution in [1.29, 1.82) is 0 Å². The van der Waals surface area contributed by atoms with Crippen LogP contribution < -0.4 is 4.74 Å². The van der Waals surface area contributed by atoms with Crippen molar-refractivity contribution in [2.45, 2.75) is 20.3 Å². The monoisotopic (exact) mass is 193 g/mol. The first-order chi connectivity index (χ1) is 6.72. The van der Waals surface area contributed by atoms with Gasteiger partial charge in [0.25, 0.3) is 0 Å². The Morgan fingerprint density at radius 3 is 2.93 bits per heavy atom. The Labute approximate surface area is 84.1 Å². The van der Waals surface area contributed by atoms with Crippen LogP contribution in [0, 0.1) is 5.92 Å². The topological polar surface area (TPSA) is 39.2 Å². The maximum atomic E-state index is 10.3. The van der Waals surface area contributed by atoms with Gasteiger partial charge in [0.15, 0.2) is 0 Å². The van der Waals surface area contributed by atoms with Crippen LogP contribution in [0.2, 0.25) is 0 Å². The molecule has 0 saturated heterocycles. The van der Waals surface area contributed by atoms with Crippen LogP contribution >= 0.6 is 0 Å². The van der Waals surface area contributed by atoms with Crippen LogP contribution in [0.1, 0.15) is 19.5 Å². The Kier molecular flexibility index (Phi) is 4.11. The maximum absolute atomic E-state index is 10.3. The molecule has 1 aromatic rings. The highest BCUT2D eigenvalue weighted by atomic mass is 16.5. The molecular weight excluding hydrogens is 178 g/mol. The Balaban J connectivity index is 2.58. The van der Waals surface area contributed by atoms with Gasteiger partial charge in [0, 0.05) is 12.5 Å². The molecule has 0 atom stereocenters. The van der Waals surface area contributed by atoms with Gasteiger partial charge in [-0.05, 0) is 12.0 Å². The number of rotatable bonds is 5. The van der Waals surface area contributed by atoms with E-state index in [1.54, 1.807) is 6.07 Å². The number of aldehydes is 1. The molecule has 76 valence electrons. The fourth-order valence-electron chi connectivity index (χ4n) is 0.989. The SMILES string of the molecule is CC(C)COc1cccc(CC=O)n1. The van der Waals surface area contributed by atoms with Crippen molar-refractivity contribution in [3.8, 4) is 5.88 Å². The summed E-state index contributed by atoms with van der Waals surface area (Å²) < 4.78 is 5.43. The van der Waals surface area contributed by atoms with E-state index in [-0.39, 0.29) is 0 Å². The van der Waals surface area contributed by atoms with Crippen LogP contribution in [0.4, 0.5) is 0 Å². The third-order valence-electron chi connectivity index (χ3n) is 1.64. The third-order valence-corrected chi connectivity index (χ3v) is 1.64. The quantitative estimate of drug-likeness (QED) is 0.670. The van der Waals surface area contributed by atoms with Crippen molar-refractivity contribution in [1.82, 2.24) is 4.98 Å². The Morgan fingerprint density at radius 2 is 2.29 bits per heavy atom. The molecule has 0 aliphatic heterocycles. The van der Waals surface area contributed by atoms with Crippen LogP contribution in [-0.2, 0) is 11.2 Å². The number of carbonyl (C=O) groups excluding carboxylic acids is 1. The molecule has 0 aliphatic rings. The van der Waals surface area contributed by atoms with Gasteiger partial charge in [-0.3, -0.25) is 0 Å². The summed E-state index contributed by atoms with van der Waals surface area (Å²) >= 11 is 0. The number of hydrogen-bond donors (Lipinski definition) is 0. The standard InChI is InChI=1S/C11H15NO2/c1-9(2)8-14-11-5-3-4-10(12-11)6-7-13/h3-5,7,9H,6,8H2,1-2H3. The molecule has 0 aromatic carbocycles. The van der Waals surface area contributed by atoms with Gasteiger partial charge in [0.05, 0.1) is 12.3 Å². The number of aromatic nitrogens is 1. The lowest BCUT2D eigenvalue weighted by atomic mass is 10.2. The second-order valence-corrected chi connectivity index (χ2v) is 3.54. The molecule has 1 heterocycles. The summed E-state index contributed by atoms with van der Waals surface area (Å²) in [5.74, 6) is 1.07. The van der Waals surface area contributed by atoms with E-state index in [0.29, 0.717) is 24.8 Å². The van der Waals surface area contributed by atoms with Gasteiger partial charge in [-0.2, -0.15) is 0 Å². The van der Waals surface area contributed by atoms with Gasteiger partial charge < -0.3 is 9.53 Å². The first-order valence-corrected chi connectivity index (χ1v) is 4.74. The van der Waals surface area contributed by atoms with Crippen molar-refractivity contribution in [2.75, 3.05) is 6.61 Å². The summed E-state index contributed by atoms with van der Waals surface area (Å²) in [4.78, 5) is 14.5. The molecule has 14 heavy (non-hydrogen) atoms. The van der Waals surface area contributed by atoms with E-state index in [1.807, 2.05) is 12.1 Å². The summed E-state index contributed by atoms with van der Waals surface area (Å²) in [6.07, 6.45) is 1.19. The second kappa shape index (κ2) is 5.37. The van der Waals surface area contributed by atoms with E-state index >= 15 is 0 Å². The maximum Gasteiger partial charge on any atom is 0.213 e. The molecule has 0 bridgehead atoms. The first-order valence-electron chi connectivity index (χ1n) is 4.74. The van der Waals surface area contributed by atoms with Gasteiger partial charge in [-0.25, -0.2) is 4.98 Å². The average Bonchev–Trinajstić information content (AvgIpc) is 2.16. The summed E-state index contributed by atoms with van der Waals surface area (Å²) in [5, 5.41) is 0. The van der Waals surface area contributed by atoms with Crippen LogP contribution in [0.3, 0.4) is 0 Å². The van der Waals surface area contributed by atoms with Crippen LogP contribution in [0.5, 0.6) is 5.88 Å². The van der Waals surface area contributed by atoms with Crippen molar-refractivity contribution in [2.24, 2.45) is 5.92 Å². The molecule has 0 spiro atoms. The minimum Gasteiger partial charge on any atom is -0.477 e. The summed E-state index contributed by atoms with van der Waals surface area (Å²) in [6.45, 7) is 4.81. The minimum atomic E-state index is 0.346. The number of ether oxygens (including phenoxy) is 1. The third kappa shape index (κ3) is 3.56. The second-order valence-electron chi connectivity index (χ2n) is 3.54. The van der Waals surface area contributed by atoms with E-state index in [1.165, 1.54) is 0 Å². The van der Waals surface area contributed by atoms with E-state index in [0.717, 1.165) is 12.0 Å². The highest BCUT2D eigenvalue weighted by molar-refractivity contribution is 5.53. The summed E-state index contributed by atoms with van der Waals surface area (Å²) in [6, 6.07) is 5.47. The largest absolute Gasteiger partial charge is 0.477 e. The predicted molar refractivity (Wildman–Crippen MR) is 54.3 cm³/mol. The molecule has 0 unspecified atom stereocenters. The van der Waals surface area contributed by atoms with E-state index in [4.69, 9.17) is 4.74 Å². The number of pyridine rings is 1. The van der Waals surface area contributed by atoms with E-state index in [9.17, 15) is 4.79 Å². The lowest BCUT2D eigenvalue weighted by Crippen LogP contribution is -2.06. The Bertz CT molecular complexity index is 297. The van der Waals surface area contributed by atoms with Gasteiger partial charge in [-0.15, -0.1) is 0 Å². The van der Waals surface area contributed by atoms with Crippen LogP contribution in [-0.4, -0.2) is 17.9 Å². The van der Waals surface area contributed by atoms with Crippen molar-refractivity contribution in [3.63, 3.8) is 0 Å². The summed E-state index contributed by atoms with van der Waals surface area (Å²) in [7, 11) is 0. The molecule has 3 nitrogen and oxygen atoms in total. The Hall–Kier alpha value is -1.38. The highest BCUT2D eigenvalue weighted by Gasteiger charge is 1.99. The molecular formula is C11H15NO2. The van der Waals surface area contributed by atoms with Crippen LogP contribution in [0.25, 0.3) is 0 Å². The zero-order valence-electron chi connectivity index (χ0n) is 8.56. The fourth-order valence-corrected chi connectivity index (χ4v) is 0.989. The smallest absolute Gasteiger partial charge is 0.213 e. The molecule has 0 amide bonds. The van der Waals surface area contributed by atoms with Crippen molar-refractivity contribution in [3.05, 3.63) is 23.9 Å². The highest BCUT2D eigenvalue weighted by Crippen LogP contribution is 2.08. The van der Waals surface area contributed by atoms with Gasteiger partial charge >= 0.3 is 0 Å². The van der Waals surface area contributed by atoms with E-state index in [2.05, 4.69) is 18.8 Å². The summed E-state index contributed by atoms with van der Waals surface area (Å²) in [5.41, 5.74) is 0.751. The predicted octanol–water partition coefficient (Wildman–Crippen LogP) is 1.86. The molecule has 1 aromatic heterocycles. The molecule has 0 fully saturated rings. The van der Waals surface area contributed by atoms with Gasteiger partial charge in [0.2, 0.25) is 5.88 Å². The lowest BCUT2D eigenvalue weighted by molar-refractivity contribution is -0.107. The zero-order chi connectivity index (χ0) is 10.4. The normalized spacial score (nSPS) is 10.2. The lowest BCUT2D eigenvalue weighted by Gasteiger charge is -2.07. The van der Waals surface area contributed by atoms with E-state index < -0.39 is 0 Å². The molecule has 0 radical (unpaired) electrons. The minimum absolute atomic E-state index is 0.346. The van der Waals surface area contributed by atoms with Gasteiger partial charge in [-0.1, -0.05) is 19.9 Å². The van der Waals surface area contributed by atoms with Crippen molar-refractivity contribution < 1.29 is 9.53 Å². The molecule has 0 aliphatic carbocycles. The van der Waals surface area contributed by atoms with Crippen molar-refractivity contribution >= 4 is 6.29 Å². The zero-order valence-corrected chi connectivity index (χ0v) is 8.56. The average molecular weight is 193 g/mol.